The van der Waals surface area contributed by atoms with Crippen molar-refractivity contribution in [3.05, 3.63) is 11.6 Å². The van der Waals surface area contributed by atoms with Crippen molar-refractivity contribution in [2.45, 2.75) is 58.8 Å². The third kappa shape index (κ3) is 7.18. The first-order valence-corrected chi connectivity index (χ1v) is 5.99. The molecule has 0 aromatic heterocycles. The van der Waals surface area contributed by atoms with Gasteiger partial charge >= 0.3 is 5.97 Å². The summed E-state index contributed by atoms with van der Waals surface area (Å²) in [5, 5.41) is 0. The fraction of sp³-hybridized carbons (Fsp3) is 0.769. The number of methoxy groups -OCH3 is 1. The van der Waals surface area contributed by atoms with Gasteiger partial charge in [-0.3, -0.25) is 0 Å². The molecule has 0 unspecified atom stereocenters. The van der Waals surface area contributed by atoms with Gasteiger partial charge in [-0.05, 0) is 19.8 Å². The average Bonchev–Trinajstić information content (AvgIpc) is 2.27. The minimum Gasteiger partial charge on any atom is -0.466 e. The molecular weight excluding hydrogens is 188 g/mol. The summed E-state index contributed by atoms with van der Waals surface area (Å²) in [4.78, 5) is 11.2. The third-order valence-electron chi connectivity index (χ3n) is 2.60. The standard InChI is InChI=1S/C13H24O2/c1-4-6-7-8-9-10-11-12(5-2)13(14)15-3/h5H,4,6-11H2,1-3H3. The molecule has 0 aliphatic rings. The lowest BCUT2D eigenvalue weighted by Gasteiger charge is -2.04. The Hall–Kier alpha value is -0.790. The second-order valence-corrected chi connectivity index (χ2v) is 3.82. The smallest absolute Gasteiger partial charge is 0.333 e. The van der Waals surface area contributed by atoms with E-state index in [0.717, 1.165) is 18.4 Å². The molecule has 2 nitrogen and oxygen atoms in total. The van der Waals surface area contributed by atoms with E-state index in [1.165, 1.54) is 39.2 Å². The summed E-state index contributed by atoms with van der Waals surface area (Å²) in [5.74, 6) is -0.175. The van der Waals surface area contributed by atoms with Gasteiger partial charge in [0.25, 0.3) is 0 Å². The van der Waals surface area contributed by atoms with Crippen molar-refractivity contribution in [3.63, 3.8) is 0 Å². The van der Waals surface area contributed by atoms with Crippen LogP contribution in [0.4, 0.5) is 0 Å². The summed E-state index contributed by atoms with van der Waals surface area (Å²) in [6.07, 6.45) is 10.2. The maximum atomic E-state index is 11.2. The Morgan fingerprint density at radius 2 is 1.73 bits per heavy atom. The topological polar surface area (TPSA) is 26.3 Å². The number of hydrogen-bond donors (Lipinski definition) is 0. The molecule has 0 aromatic carbocycles. The van der Waals surface area contributed by atoms with E-state index < -0.39 is 0 Å². The van der Waals surface area contributed by atoms with E-state index in [2.05, 4.69) is 6.92 Å². The van der Waals surface area contributed by atoms with Gasteiger partial charge < -0.3 is 4.74 Å². The molecule has 0 aliphatic heterocycles. The second kappa shape index (κ2) is 9.75. The number of hydrogen-bond acceptors (Lipinski definition) is 2. The number of carbonyl (C=O) groups excluding carboxylic acids is 1. The van der Waals surface area contributed by atoms with Gasteiger partial charge in [0, 0.05) is 5.57 Å². The Labute approximate surface area is 93.7 Å². The first-order valence-electron chi connectivity index (χ1n) is 5.99. The van der Waals surface area contributed by atoms with Gasteiger partial charge in [-0.15, -0.1) is 0 Å². The molecule has 2 heteroatoms. The summed E-state index contributed by atoms with van der Waals surface area (Å²) in [7, 11) is 1.44. The van der Waals surface area contributed by atoms with Crippen molar-refractivity contribution in [2.75, 3.05) is 7.11 Å². The van der Waals surface area contributed by atoms with Crippen LogP contribution in [0.2, 0.25) is 0 Å². The first-order chi connectivity index (χ1) is 7.26. The first kappa shape index (κ1) is 14.2. The fourth-order valence-electron chi connectivity index (χ4n) is 1.59. The summed E-state index contributed by atoms with van der Waals surface area (Å²) in [6.45, 7) is 4.11. The number of rotatable bonds is 8. The van der Waals surface area contributed by atoms with Gasteiger partial charge in [-0.1, -0.05) is 45.1 Å². The van der Waals surface area contributed by atoms with Crippen molar-refractivity contribution in [2.24, 2.45) is 0 Å². The molecule has 0 aliphatic carbocycles. The van der Waals surface area contributed by atoms with E-state index in [0.29, 0.717) is 0 Å². The molecule has 0 N–H and O–H groups in total. The van der Waals surface area contributed by atoms with E-state index in [9.17, 15) is 4.79 Å². The van der Waals surface area contributed by atoms with Gasteiger partial charge in [0.05, 0.1) is 7.11 Å². The molecule has 0 saturated heterocycles. The molecule has 0 atom stereocenters. The lowest BCUT2D eigenvalue weighted by atomic mass is 10.1. The van der Waals surface area contributed by atoms with Crippen LogP contribution in [0.25, 0.3) is 0 Å². The molecule has 0 bridgehead atoms. The number of ether oxygens (including phenoxy) is 1. The van der Waals surface area contributed by atoms with Crippen LogP contribution in [0.15, 0.2) is 11.6 Å². The Kier molecular flexibility index (Phi) is 9.24. The highest BCUT2D eigenvalue weighted by Gasteiger charge is 2.06. The van der Waals surface area contributed by atoms with E-state index in [4.69, 9.17) is 4.74 Å². The highest BCUT2D eigenvalue weighted by atomic mass is 16.5. The van der Waals surface area contributed by atoms with Crippen LogP contribution in [0.5, 0.6) is 0 Å². The summed E-state index contributed by atoms with van der Waals surface area (Å²) in [6, 6.07) is 0. The molecule has 0 heterocycles. The van der Waals surface area contributed by atoms with Crippen molar-refractivity contribution in [1.29, 1.82) is 0 Å². The zero-order valence-electron chi connectivity index (χ0n) is 10.3. The molecule has 0 aromatic rings. The molecule has 0 rings (SSSR count). The lowest BCUT2D eigenvalue weighted by molar-refractivity contribution is -0.136. The average molecular weight is 212 g/mol. The van der Waals surface area contributed by atoms with Crippen molar-refractivity contribution < 1.29 is 9.53 Å². The van der Waals surface area contributed by atoms with Gasteiger partial charge in [0.15, 0.2) is 0 Å². The number of unbranched alkanes of at least 4 members (excludes halogenated alkanes) is 5. The van der Waals surface area contributed by atoms with Gasteiger partial charge in [-0.2, -0.15) is 0 Å². The highest BCUT2D eigenvalue weighted by Crippen LogP contribution is 2.12. The van der Waals surface area contributed by atoms with E-state index in [1.54, 1.807) is 0 Å². The largest absolute Gasteiger partial charge is 0.466 e. The maximum Gasteiger partial charge on any atom is 0.333 e. The van der Waals surface area contributed by atoms with Crippen LogP contribution < -0.4 is 0 Å². The molecule has 0 amide bonds. The minimum atomic E-state index is -0.175. The highest BCUT2D eigenvalue weighted by molar-refractivity contribution is 5.88. The Morgan fingerprint density at radius 1 is 1.13 bits per heavy atom. The molecule has 0 spiro atoms. The van der Waals surface area contributed by atoms with Gasteiger partial charge in [-0.25, -0.2) is 4.79 Å². The van der Waals surface area contributed by atoms with Crippen LogP contribution in [0.3, 0.4) is 0 Å². The van der Waals surface area contributed by atoms with E-state index in [1.807, 2.05) is 13.0 Å². The van der Waals surface area contributed by atoms with Gasteiger partial charge in [0.1, 0.15) is 0 Å². The van der Waals surface area contributed by atoms with Crippen LogP contribution in [0, 0.1) is 0 Å². The van der Waals surface area contributed by atoms with Crippen LogP contribution >= 0.6 is 0 Å². The SMILES string of the molecule is CC=C(CCCCCCCC)C(=O)OC. The van der Waals surface area contributed by atoms with E-state index in [-0.39, 0.29) is 5.97 Å². The number of carbonyl (C=O) groups is 1. The van der Waals surface area contributed by atoms with Crippen molar-refractivity contribution in [1.82, 2.24) is 0 Å². The Morgan fingerprint density at radius 3 is 2.27 bits per heavy atom. The quantitative estimate of drug-likeness (QED) is 0.347. The van der Waals surface area contributed by atoms with Crippen molar-refractivity contribution >= 4 is 5.97 Å². The second-order valence-electron chi connectivity index (χ2n) is 3.82. The fourth-order valence-corrected chi connectivity index (χ4v) is 1.59. The van der Waals surface area contributed by atoms with Crippen LogP contribution in [0.1, 0.15) is 58.8 Å². The molecule has 0 saturated carbocycles. The zero-order valence-corrected chi connectivity index (χ0v) is 10.3. The molecule has 0 radical (unpaired) electrons. The Balaban J connectivity index is 3.52. The predicted molar refractivity (Wildman–Crippen MR) is 63.8 cm³/mol. The zero-order chi connectivity index (χ0) is 11.5. The predicted octanol–water partition coefficient (Wildman–Crippen LogP) is 3.86. The number of allylic oxidation sites excluding steroid dienone is 1. The summed E-state index contributed by atoms with van der Waals surface area (Å²) < 4.78 is 4.69. The monoisotopic (exact) mass is 212 g/mol. The lowest BCUT2D eigenvalue weighted by Crippen LogP contribution is -2.04. The van der Waals surface area contributed by atoms with E-state index >= 15 is 0 Å². The van der Waals surface area contributed by atoms with Crippen molar-refractivity contribution in [3.8, 4) is 0 Å². The molecule has 0 fully saturated rings. The molecule has 88 valence electrons. The molecule has 15 heavy (non-hydrogen) atoms. The van der Waals surface area contributed by atoms with Crippen LogP contribution in [-0.4, -0.2) is 13.1 Å². The summed E-state index contributed by atoms with van der Waals surface area (Å²) >= 11 is 0. The normalized spacial score (nSPS) is 11.5. The third-order valence-corrected chi connectivity index (χ3v) is 2.60. The Bertz CT molecular complexity index is 195. The molecular formula is C13H24O2. The summed E-state index contributed by atoms with van der Waals surface area (Å²) in [5.41, 5.74) is 0.813. The van der Waals surface area contributed by atoms with Crippen LogP contribution in [-0.2, 0) is 9.53 Å². The van der Waals surface area contributed by atoms with Gasteiger partial charge in [0.2, 0.25) is 0 Å². The maximum absolute atomic E-state index is 11.2. The minimum absolute atomic E-state index is 0.175. The number of esters is 1.